The van der Waals surface area contributed by atoms with E-state index in [1.807, 2.05) is 0 Å². The molecule has 0 aliphatic heterocycles. The third-order valence-corrected chi connectivity index (χ3v) is 2.69. The van der Waals surface area contributed by atoms with E-state index in [9.17, 15) is 9.90 Å². The van der Waals surface area contributed by atoms with E-state index in [2.05, 4.69) is 4.98 Å². The summed E-state index contributed by atoms with van der Waals surface area (Å²) in [5, 5.41) is 18.1. The van der Waals surface area contributed by atoms with E-state index < -0.39 is 11.8 Å². The van der Waals surface area contributed by atoms with Gasteiger partial charge in [0.25, 0.3) is 0 Å². The van der Waals surface area contributed by atoms with Crippen LogP contribution in [-0.2, 0) is 0 Å². The van der Waals surface area contributed by atoms with Crippen molar-refractivity contribution >= 4 is 5.82 Å². The average molecular weight is 211 g/mol. The highest BCUT2D eigenvalue weighted by Gasteiger charge is 2.44. The lowest BCUT2D eigenvalue weighted by atomic mass is 10.2. The van der Waals surface area contributed by atoms with Gasteiger partial charge in [0.15, 0.2) is 0 Å². The third-order valence-electron chi connectivity index (χ3n) is 2.69. The fourth-order valence-electron chi connectivity index (χ4n) is 1.75. The molecule has 6 nitrogen and oxygen atoms in total. The molecule has 0 bridgehead atoms. The molecule has 0 radical (unpaired) electrons. The summed E-state index contributed by atoms with van der Waals surface area (Å²) in [4.78, 5) is 15.0. The van der Waals surface area contributed by atoms with E-state index in [1.54, 1.807) is 12.3 Å². The van der Waals surface area contributed by atoms with Crippen molar-refractivity contribution in [3.63, 3.8) is 0 Å². The molecule has 1 aromatic rings. The minimum Gasteiger partial charge on any atom is -0.394 e. The van der Waals surface area contributed by atoms with Crippen LogP contribution in [0.5, 0.6) is 0 Å². The van der Waals surface area contributed by atoms with Gasteiger partial charge >= 0.3 is 5.69 Å². The van der Waals surface area contributed by atoms with Gasteiger partial charge in [-0.05, 0) is 12.5 Å². The summed E-state index contributed by atoms with van der Waals surface area (Å²) in [5.41, 5.74) is 4.95. The molecule has 0 amide bonds. The Hall–Kier alpha value is -1.40. The predicted molar refractivity (Wildman–Crippen MR) is 53.1 cm³/mol. The summed E-state index contributed by atoms with van der Waals surface area (Å²) >= 11 is 0. The predicted octanol–water partition coefficient (Wildman–Crippen LogP) is -1.26. The highest BCUT2D eigenvalue weighted by Crippen LogP contribution is 2.44. The van der Waals surface area contributed by atoms with E-state index in [-0.39, 0.29) is 24.4 Å². The van der Waals surface area contributed by atoms with Gasteiger partial charge < -0.3 is 15.9 Å². The topological polar surface area (TPSA) is 101 Å². The van der Waals surface area contributed by atoms with Crippen LogP contribution in [0.25, 0.3) is 0 Å². The molecule has 2 rings (SSSR count). The number of aliphatic hydroxyl groups is 2. The lowest BCUT2D eigenvalue weighted by molar-refractivity contribution is 0.0739. The molecule has 4 N–H and O–H groups in total. The van der Waals surface area contributed by atoms with Crippen LogP contribution < -0.4 is 11.4 Å². The number of aromatic nitrogens is 2. The van der Waals surface area contributed by atoms with Crippen molar-refractivity contribution in [3.05, 3.63) is 22.7 Å². The van der Waals surface area contributed by atoms with Crippen molar-refractivity contribution in [2.45, 2.75) is 18.6 Å². The number of rotatable bonds is 3. The number of aliphatic hydroxyl groups excluding tert-OH is 2. The van der Waals surface area contributed by atoms with Crippen LogP contribution in [0.15, 0.2) is 17.1 Å². The zero-order valence-corrected chi connectivity index (χ0v) is 8.08. The summed E-state index contributed by atoms with van der Waals surface area (Å²) in [6.07, 6.45) is 1.49. The number of anilines is 1. The van der Waals surface area contributed by atoms with Crippen LogP contribution in [0.2, 0.25) is 0 Å². The van der Waals surface area contributed by atoms with Gasteiger partial charge in [0.05, 0.1) is 12.7 Å². The Morgan fingerprint density at radius 2 is 2.47 bits per heavy atom. The van der Waals surface area contributed by atoms with E-state index in [0.29, 0.717) is 6.42 Å². The van der Waals surface area contributed by atoms with Gasteiger partial charge in [0, 0.05) is 18.2 Å². The van der Waals surface area contributed by atoms with Gasteiger partial charge in [-0.1, -0.05) is 0 Å². The molecule has 6 heteroatoms. The third kappa shape index (κ3) is 1.86. The van der Waals surface area contributed by atoms with Crippen LogP contribution in [0.4, 0.5) is 5.82 Å². The van der Waals surface area contributed by atoms with Gasteiger partial charge in [-0.2, -0.15) is 4.98 Å². The molecule has 0 aromatic carbocycles. The molecule has 1 heterocycles. The Balaban J connectivity index is 2.17. The number of nitrogens with zero attached hydrogens (tertiary/aromatic N) is 2. The first-order chi connectivity index (χ1) is 7.13. The Labute approximate surface area is 86.0 Å². The molecule has 1 aliphatic rings. The first kappa shape index (κ1) is 10.1. The summed E-state index contributed by atoms with van der Waals surface area (Å²) in [6, 6.07) is 1.48. The fourth-order valence-corrected chi connectivity index (χ4v) is 1.75. The Morgan fingerprint density at radius 1 is 1.73 bits per heavy atom. The van der Waals surface area contributed by atoms with Crippen LogP contribution in [0.1, 0.15) is 12.5 Å². The highest BCUT2D eigenvalue weighted by molar-refractivity contribution is 5.24. The fraction of sp³-hybridized carbons (Fsp3) is 0.556. The van der Waals surface area contributed by atoms with Crippen LogP contribution in [0.3, 0.4) is 0 Å². The Bertz CT molecular complexity index is 417. The van der Waals surface area contributed by atoms with Crippen LogP contribution in [0, 0.1) is 5.92 Å². The number of nitrogens with two attached hydrogens (primary N) is 1. The van der Waals surface area contributed by atoms with E-state index in [1.165, 1.54) is 4.57 Å². The van der Waals surface area contributed by atoms with Crippen LogP contribution in [-0.4, -0.2) is 32.5 Å². The lowest BCUT2D eigenvalue weighted by Crippen LogP contribution is -2.25. The number of hydrogen-bond donors (Lipinski definition) is 3. The van der Waals surface area contributed by atoms with Crippen molar-refractivity contribution in [2.75, 3.05) is 12.3 Å². The summed E-state index contributed by atoms with van der Waals surface area (Å²) in [5.74, 6) is 0.134. The monoisotopic (exact) mass is 211 g/mol. The minimum atomic E-state index is -0.764. The van der Waals surface area contributed by atoms with Crippen molar-refractivity contribution in [1.29, 1.82) is 0 Å². The number of nitrogen functional groups attached to an aromatic ring is 1. The second-order valence-electron chi connectivity index (χ2n) is 3.76. The molecule has 3 unspecified atom stereocenters. The molecule has 0 saturated heterocycles. The summed E-state index contributed by atoms with van der Waals surface area (Å²) < 4.78 is 1.44. The van der Waals surface area contributed by atoms with Gasteiger partial charge in [0.1, 0.15) is 5.82 Å². The Morgan fingerprint density at radius 3 is 3.07 bits per heavy atom. The van der Waals surface area contributed by atoms with Crippen molar-refractivity contribution < 1.29 is 10.2 Å². The first-order valence-electron chi connectivity index (χ1n) is 4.77. The normalized spacial score (nSPS) is 26.3. The van der Waals surface area contributed by atoms with Crippen molar-refractivity contribution in [1.82, 2.24) is 9.55 Å². The molecule has 3 atom stereocenters. The molecule has 1 aromatic heterocycles. The molecule has 1 fully saturated rings. The maximum atomic E-state index is 11.4. The molecule has 1 aliphatic carbocycles. The first-order valence-corrected chi connectivity index (χ1v) is 4.77. The quantitative estimate of drug-likeness (QED) is 0.579. The van der Waals surface area contributed by atoms with Gasteiger partial charge in [-0.3, -0.25) is 4.57 Å². The SMILES string of the molecule is Nc1ccn(C2CC2C(O)CO)c(=O)n1. The Kier molecular flexibility index (Phi) is 2.45. The molecular formula is C9H13N3O3. The van der Waals surface area contributed by atoms with E-state index in [0.717, 1.165) is 0 Å². The zero-order valence-electron chi connectivity index (χ0n) is 8.08. The van der Waals surface area contributed by atoms with Crippen LogP contribution >= 0.6 is 0 Å². The summed E-state index contributed by atoms with van der Waals surface area (Å²) in [7, 11) is 0. The second kappa shape index (κ2) is 3.63. The maximum Gasteiger partial charge on any atom is 0.349 e. The van der Waals surface area contributed by atoms with Crippen molar-refractivity contribution in [3.8, 4) is 0 Å². The molecule has 1 saturated carbocycles. The highest BCUT2D eigenvalue weighted by atomic mass is 16.3. The van der Waals surface area contributed by atoms with Gasteiger partial charge in [-0.15, -0.1) is 0 Å². The molecule has 0 spiro atoms. The van der Waals surface area contributed by atoms with E-state index in [4.69, 9.17) is 10.8 Å². The van der Waals surface area contributed by atoms with Gasteiger partial charge in [-0.25, -0.2) is 4.79 Å². The van der Waals surface area contributed by atoms with E-state index >= 15 is 0 Å². The van der Waals surface area contributed by atoms with Crippen molar-refractivity contribution in [2.24, 2.45) is 5.92 Å². The molecule has 15 heavy (non-hydrogen) atoms. The second-order valence-corrected chi connectivity index (χ2v) is 3.76. The largest absolute Gasteiger partial charge is 0.394 e. The number of hydrogen-bond acceptors (Lipinski definition) is 5. The lowest BCUT2D eigenvalue weighted by Gasteiger charge is -2.07. The molecule has 82 valence electrons. The molecular weight excluding hydrogens is 198 g/mol. The zero-order chi connectivity index (χ0) is 11.0. The summed E-state index contributed by atoms with van der Waals surface area (Å²) in [6.45, 7) is -0.279. The average Bonchev–Trinajstić information content (AvgIpc) is 2.96. The smallest absolute Gasteiger partial charge is 0.349 e. The maximum absolute atomic E-state index is 11.4. The van der Waals surface area contributed by atoms with Gasteiger partial charge in [0.2, 0.25) is 0 Å². The minimum absolute atomic E-state index is 0.0573. The standard InChI is InChI=1S/C9H13N3O3/c10-8-1-2-12(9(15)11-8)6-3-5(6)7(14)4-13/h1-2,5-7,13-14H,3-4H2,(H2,10,11,15).